The molecule has 61 heavy (non-hydrogen) atoms. The summed E-state index contributed by atoms with van der Waals surface area (Å²) < 4.78 is 14.8. The van der Waals surface area contributed by atoms with Crippen LogP contribution in [-0.4, -0.2) is 66.9 Å². The first-order valence-electron chi connectivity index (χ1n) is 23.0. The fourth-order valence-electron chi connectivity index (χ4n) is 6.60. The summed E-state index contributed by atoms with van der Waals surface area (Å²) in [6.45, 7) is 15.8. The van der Waals surface area contributed by atoms with E-state index in [0.717, 1.165) is 12.0 Å². The molecule has 2 N–H and O–H groups in total. The van der Waals surface area contributed by atoms with Crippen LogP contribution in [0.25, 0.3) is 0 Å². The minimum atomic E-state index is -1.84. The van der Waals surface area contributed by atoms with Gasteiger partial charge in [0.1, 0.15) is 0 Å². The van der Waals surface area contributed by atoms with Crippen molar-refractivity contribution in [3.05, 3.63) is 70.8 Å². The summed E-state index contributed by atoms with van der Waals surface area (Å²) in [5.41, 5.74) is 3.42. The van der Waals surface area contributed by atoms with Crippen LogP contribution in [0.3, 0.4) is 0 Å². The monoisotopic (exact) mass is 853 g/mol. The van der Waals surface area contributed by atoms with Crippen LogP contribution >= 0.6 is 0 Å². The quantitative estimate of drug-likeness (QED) is 0.0369. The Morgan fingerprint density at radius 3 is 1.20 bits per heavy atom. The molecule has 0 aromatic heterocycles. The van der Waals surface area contributed by atoms with E-state index in [1.54, 1.807) is 20.8 Å². The van der Waals surface area contributed by atoms with E-state index < -0.39 is 47.1 Å². The Morgan fingerprint density at radius 1 is 0.475 bits per heavy atom. The first-order chi connectivity index (χ1) is 29.2. The van der Waals surface area contributed by atoms with Crippen LogP contribution in [0.1, 0.15) is 174 Å². The third-order valence-electron chi connectivity index (χ3n) is 9.92. The van der Waals surface area contributed by atoms with Gasteiger partial charge in [0.15, 0.2) is 11.8 Å². The highest BCUT2D eigenvalue weighted by Gasteiger charge is 2.49. The second-order valence-electron chi connectivity index (χ2n) is 15.4. The first kappa shape index (κ1) is 56.5. The van der Waals surface area contributed by atoms with E-state index in [-0.39, 0.29) is 26.2 Å². The van der Waals surface area contributed by atoms with Gasteiger partial charge >= 0.3 is 17.9 Å². The number of hydrogen-bond donors (Lipinski definition) is 2. The van der Waals surface area contributed by atoms with Crippen molar-refractivity contribution in [2.24, 2.45) is 0 Å². The summed E-state index contributed by atoms with van der Waals surface area (Å²) in [6.07, 6.45) is 21.2. The lowest BCUT2D eigenvalue weighted by Gasteiger charge is -2.29. The van der Waals surface area contributed by atoms with Gasteiger partial charge in [-0.15, -0.1) is 0 Å². The lowest BCUT2D eigenvalue weighted by atomic mass is 9.90. The number of unbranched alkanes of at least 4 members (excludes halogenated alkanes) is 10. The SMILES string of the molecule is CCCCCCCCc1ccc(CCC(NC(C)=O)(C(=O)OCC)C(=O)OCC)cc1.CCCCCCCCc1ccc(CCC)cc1.CCOC(=O)C(NC(C)=O)C(C)=O. The number of ether oxygens (including phenoxy) is 3. The Hall–Kier alpha value is -4.54. The minimum Gasteiger partial charge on any atom is -0.464 e. The zero-order chi connectivity index (χ0) is 45.9. The number of benzene rings is 2. The molecule has 0 aliphatic heterocycles. The molecular weight excluding hydrogens is 773 g/mol. The lowest BCUT2D eigenvalue weighted by molar-refractivity contribution is -0.168. The standard InChI is InChI=1S/C25H39NO5.C17H28.C8H13NO4/c1-5-8-9-10-11-12-13-21-14-16-22(17-15-21)18-19-25(26-20(4)27,23(28)30-6-2)24(29)31-7-3;1-3-5-6-7-8-9-11-17-14-12-16(10-4-2)13-15-17;1-4-13-8(12)7(5(2)10)9-6(3)11/h14-17H,5-13,18-19H2,1-4H3,(H,26,27);12-15H,3-11H2,1-2H3;7H,4H2,1-3H3,(H,9,11). The minimum absolute atomic E-state index is 0.0705. The molecule has 0 fully saturated rings. The molecule has 344 valence electrons. The Bertz CT molecular complexity index is 1500. The third kappa shape index (κ3) is 25.7. The van der Waals surface area contributed by atoms with E-state index in [4.69, 9.17) is 9.47 Å². The second kappa shape index (κ2) is 35.1. The van der Waals surface area contributed by atoms with Crippen LogP contribution in [0.5, 0.6) is 0 Å². The molecule has 11 heteroatoms. The highest BCUT2D eigenvalue weighted by molar-refractivity contribution is 6.07. The van der Waals surface area contributed by atoms with E-state index in [1.165, 1.54) is 134 Å². The van der Waals surface area contributed by atoms with Crippen molar-refractivity contribution in [2.45, 2.75) is 189 Å². The van der Waals surface area contributed by atoms with Crippen molar-refractivity contribution < 1.29 is 43.0 Å². The fourth-order valence-corrected chi connectivity index (χ4v) is 6.60. The number of carbonyl (C=O) groups is 6. The summed E-state index contributed by atoms with van der Waals surface area (Å²) in [5, 5.41) is 4.71. The van der Waals surface area contributed by atoms with Gasteiger partial charge in [-0.2, -0.15) is 0 Å². The molecule has 0 saturated carbocycles. The van der Waals surface area contributed by atoms with Gasteiger partial charge in [-0.25, -0.2) is 14.4 Å². The summed E-state index contributed by atoms with van der Waals surface area (Å²) in [6, 6.07) is 16.3. The van der Waals surface area contributed by atoms with E-state index >= 15 is 0 Å². The van der Waals surface area contributed by atoms with Crippen molar-refractivity contribution in [3.8, 4) is 0 Å². The van der Waals surface area contributed by atoms with Crippen LogP contribution in [0.2, 0.25) is 0 Å². The summed E-state index contributed by atoms with van der Waals surface area (Å²) in [7, 11) is 0. The highest BCUT2D eigenvalue weighted by Crippen LogP contribution is 2.21. The number of ketones is 1. The predicted molar refractivity (Wildman–Crippen MR) is 244 cm³/mol. The smallest absolute Gasteiger partial charge is 0.343 e. The summed E-state index contributed by atoms with van der Waals surface area (Å²) in [4.78, 5) is 69.7. The van der Waals surface area contributed by atoms with Crippen LogP contribution in [0, 0.1) is 0 Å². The number of carbonyl (C=O) groups excluding carboxylic acids is 6. The van der Waals surface area contributed by atoms with Gasteiger partial charge in [-0.1, -0.05) is 140 Å². The molecule has 2 aromatic rings. The molecule has 0 radical (unpaired) electrons. The van der Waals surface area contributed by atoms with Crippen molar-refractivity contribution in [3.63, 3.8) is 0 Å². The van der Waals surface area contributed by atoms with Gasteiger partial charge in [0.2, 0.25) is 17.4 Å². The molecule has 11 nitrogen and oxygen atoms in total. The zero-order valence-electron chi connectivity index (χ0n) is 39.2. The number of Topliss-reactive ketones (excluding diaryl/α,β-unsaturated/α-hetero) is 1. The highest BCUT2D eigenvalue weighted by atomic mass is 16.6. The molecule has 2 rings (SSSR count). The summed E-state index contributed by atoms with van der Waals surface area (Å²) in [5.74, 6) is -3.66. The Kier molecular flexibility index (Phi) is 32.5. The van der Waals surface area contributed by atoms with Crippen molar-refractivity contribution in [1.82, 2.24) is 10.6 Å². The Balaban J connectivity index is 0.00000100. The van der Waals surface area contributed by atoms with Crippen LogP contribution in [-0.2, 0) is 68.7 Å². The van der Waals surface area contributed by atoms with Gasteiger partial charge < -0.3 is 24.8 Å². The van der Waals surface area contributed by atoms with Gasteiger partial charge in [0.25, 0.3) is 0 Å². The molecule has 0 bridgehead atoms. The molecular formula is C50H80N2O9. The maximum absolute atomic E-state index is 12.7. The number of rotatable bonds is 28. The molecule has 0 aliphatic carbocycles. The molecule has 2 aromatic carbocycles. The maximum atomic E-state index is 12.7. The number of nitrogens with one attached hydrogen (secondary N) is 2. The topological polar surface area (TPSA) is 154 Å². The maximum Gasteiger partial charge on any atom is 0.343 e. The number of hydrogen-bond acceptors (Lipinski definition) is 9. The van der Waals surface area contributed by atoms with Gasteiger partial charge in [0.05, 0.1) is 19.8 Å². The van der Waals surface area contributed by atoms with E-state index in [1.807, 2.05) is 12.1 Å². The van der Waals surface area contributed by atoms with E-state index in [0.29, 0.717) is 6.42 Å². The van der Waals surface area contributed by atoms with Crippen LogP contribution < -0.4 is 10.6 Å². The van der Waals surface area contributed by atoms with Crippen LogP contribution in [0.4, 0.5) is 0 Å². The van der Waals surface area contributed by atoms with Crippen molar-refractivity contribution in [1.29, 1.82) is 0 Å². The number of aryl methyl sites for hydroxylation is 4. The number of amides is 2. The van der Waals surface area contributed by atoms with Gasteiger partial charge in [-0.05, 0) is 94.9 Å². The Morgan fingerprint density at radius 2 is 0.852 bits per heavy atom. The molecule has 2 amide bonds. The average molecular weight is 853 g/mol. The average Bonchev–Trinajstić information content (AvgIpc) is 3.22. The van der Waals surface area contributed by atoms with Crippen LogP contribution in [0.15, 0.2) is 48.5 Å². The molecule has 0 saturated heterocycles. The largest absolute Gasteiger partial charge is 0.464 e. The van der Waals surface area contributed by atoms with Crippen molar-refractivity contribution >= 4 is 35.5 Å². The van der Waals surface area contributed by atoms with E-state index in [2.05, 4.69) is 72.5 Å². The molecule has 1 unspecified atom stereocenters. The molecule has 0 spiro atoms. The molecule has 0 heterocycles. The van der Waals surface area contributed by atoms with Gasteiger partial charge in [-0.3, -0.25) is 14.4 Å². The van der Waals surface area contributed by atoms with Gasteiger partial charge in [0, 0.05) is 13.8 Å². The number of esters is 3. The lowest BCUT2D eigenvalue weighted by Crippen LogP contribution is -2.61. The van der Waals surface area contributed by atoms with Crippen molar-refractivity contribution in [2.75, 3.05) is 19.8 Å². The summed E-state index contributed by atoms with van der Waals surface area (Å²) >= 11 is 0. The third-order valence-corrected chi connectivity index (χ3v) is 9.92. The fraction of sp³-hybridized carbons (Fsp3) is 0.640. The predicted octanol–water partition coefficient (Wildman–Crippen LogP) is 9.71. The first-order valence-corrected chi connectivity index (χ1v) is 23.0. The normalized spacial score (nSPS) is 11.1. The van der Waals surface area contributed by atoms with E-state index in [9.17, 15) is 28.8 Å². The molecule has 0 aliphatic rings. The second-order valence-corrected chi connectivity index (χ2v) is 15.4. The Labute approximate surface area is 368 Å². The molecule has 1 atom stereocenters. The zero-order valence-corrected chi connectivity index (χ0v) is 39.2.